The van der Waals surface area contributed by atoms with Crippen molar-refractivity contribution in [1.29, 1.82) is 0 Å². The van der Waals surface area contributed by atoms with E-state index >= 15 is 0 Å². The van der Waals surface area contributed by atoms with Gasteiger partial charge in [-0.15, -0.1) is 10.2 Å². The largest absolute Gasteiger partial charge is 0.355 e. The molecule has 1 aromatic rings. The molecule has 0 amide bonds. The predicted octanol–water partition coefficient (Wildman–Crippen LogP) is 0.00650. The third-order valence-electron chi connectivity index (χ3n) is 3.26. The Hall–Kier alpha value is -1.15. The molecule has 1 aliphatic heterocycles. The molecule has 2 heterocycles. The second kappa shape index (κ2) is 5.87. The maximum Gasteiger partial charge on any atom is 0.224 e. The lowest BCUT2D eigenvalue weighted by Crippen LogP contribution is -2.30. The molecule has 0 radical (unpaired) electrons. The molecule has 1 unspecified atom stereocenters. The Bertz CT molecular complexity index is 525. The number of hydrogen-bond donors (Lipinski definition) is 2. The Morgan fingerprint density at radius 2 is 2.16 bits per heavy atom. The SMILES string of the molecule is CCNc1nnc(CNC2CCS(=O)(=O)C2)n1CC. The van der Waals surface area contributed by atoms with Gasteiger partial charge in [0, 0.05) is 19.1 Å². The number of nitrogens with zero attached hydrogens (tertiary/aromatic N) is 3. The zero-order valence-electron chi connectivity index (χ0n) is 11.4. The van der Waals surface area contributed by atoms with Crippen LogP contribution in [0.3, 0.4) is 0 Å². The minimum Gasteiger partial charge on any atom is -0.355 e. The third-order valence-corrected chi connectivity index (χ3v) is 5.03. The van der Waals surface area contributed by atoms with Crippen molar-refractivity contribution in [2.45, 2.75) is 39.4 Å². The van der Waals surface area contributed by atoms with Crippen LogP contribution in [0.5, 0.6) is 0 Å². The summed E-state index contributed by atoms with van der Waals surface area (Å²) < 4.78 is 24.8. The molecule has 1 atom stereocenters. The molecule has 0 aromatic carbocycles. The molecule has 108 valence electrons. The summed E-state index contributed by atoms with van der Waals surface area (Å²) in [5.41, 5.74) is 0. The number of hydrogen-bond acceptors (Lipinski definition) is 6. The van der Waals surface area contributed by atoms with Crippen LogP contribution in [-0.2, 0) is 22.9 Å². The van der Waals surface area contributed by atoms with Crippen molar-refractivity contribution in [3.05, 3.63) is 5.82 Å². The fraction of sp³-hybridized carbons (Fsp3) is 0.818. The minimum atomic E-state index is -2.84. The van der Waals surface area contributed by atoms with Crippen LogP contribution in [-0.4, -0.2) is 47.3 Å². The van der Waals surface area contributed by atoms with Crippen molar-refractivity contribution >= 4 is 15.8 Å². The van der Waals surface area contributed by atoms with Gasteiger partial charge in [0.15, 0.2) is 9.84 Å². The first-order valence-electron chi connectivity index (χ1n) is 6.65. The highest BCUT2D eigenvalue weighted by atomic mass is 32.2. The van der Waals surface area contributed by atoms with E-state index in [0.717, 1.165) is 24.9 Å². The number of sulfone groups is 1. The van der Waals surface area contributed by atoms with E-state index in [1.807, 2.05) is 18.4 Å². The summed E-state index contributed by atoms with van der Waals surface area (Å²) in [6.07, 6.45) is 0.683. The van der Waals surface area contributed by atoms with Gasteiger partial charge in [0.25, 0.3) is 0 Å². The molecule has 0 aliphatic carbocycles. The van der Waals surface area contributed by atoms with Crippen LogP contribution in [0, 0.1) is 0 Å². The van der Waals surface area contributed by atoms with E-state index in [-0.39, 0.29) is 17.5 Å². The number of anilines is 1. The van der Waals surface area contributed by atoms with Crippen molar-refractivity contribution in [1.82, 2.24) is 20.1 Å². The Morgan fingerprint density at radius 3 is 2.74 bits per heavy atom. The summed E-state index contributed by atoms with van der Waals surface area (Å²) in [5.74, 6) is 2.12. The summed E-state index contributed by atoms with van der Waals surface area (Å²) >= 11 is 0. The molecule has 0 saturated carbocycles. The van der Waals surface area contributed by atoms with E-state index in [0.29, 0.717) is 13.0 Å². The van der Waals surface area contributed by atoms with E-state index < -0.39 is 9.84 Å². The first kappa shape index (κ1) is 14.3. The fourth-order valence-corrected chi connectivity index (χ4v) is 3.99. The van der Waals surface area contributed by atoms with Crippen LogP contribution in [0.15, 0.2) is 0 Å². The fourth-order valence-electron chi connectivity index (χ4n) is 2.28. The van der Waals surface area contributed by atoms with Gasteiger partial charge in [-0.25, -0.2) is 8.42 Å². The number of rotatable bonds is 6. The van der Waals surface area contributed by atoms with Crippen LogP contribution in [0.25, 0.3) is 0 Å². The molecule has 2 rings (SSSR count). The van der Waals surface area contributed by atoms with Gasteiger partial charge in [0.2, 0.25) is 5.95 Å². The standard InChI is InChI=1S/C11H21N5O2S/c1-3-12-11-15-14-10(16(11)4-2)7-13-9-5-6-19(17,18)8-9/h9,13H,3-8H2,1-2H3,(H,12,15). The first-order valence-corrected chi connectivity index (χ1v) is 8.47. The maximum atomic E-state index is 11.4. The van der Waals surface area contributed by atoms with E-state index in [9.17, 15) is 8.42 Å². The zero-order valence-corrected chi connectivity index (χ0v) is 12.2. The van der Waals surface area contributed by atoms with E-state index in [1.165, 1.54) is 0 Å². The molecule has 0 bridgehead atoms. The van der Waals surface area contributed by atoms with E-state index in [4.69, 9.17) is 0 Å². The van der Waals surface area contributed by atoms with Crippen molar-refractivity contribution in [3.63, 3.8) is 0 Å². The smallest absolute Gasteiger partial charge is 0.224 e. The maximum absolute atomic E-state index is 11.4. The van der Waals surface area contributed by atoms with Crippen molar-refractivity contribution in [2.75, 3.05) is 23.4 Å². The molecule has 2 N–H and O–H groups in total. The average Bonchev–Trinajstić information content (AvgIpc) is 2.90. The van der Waals surface area contributed by atoms with Gasteiger partial charge < -0.3 is 10.6 Å². The van der Waals surface area contributed by atoms with Gasteiger partial charge in [-0.3, -0.25) is 4.57 Å². The Kier molecular flexibility index (Phi) is 4.41. The third kappa shape index (κ3) is 3.44. The molecule has 0 spiro atoms. The molecule has 19 heavy (non-hydrogen) atoms. The summed E-state index contributed by atoms with van der Waals surface area (Å²) in [5, 5.41) is 14.6. The van der Waals surface area contributed by atoms with E-state index in [1.54, 1.807) is 0 Å². The van der Waals surface area contributed by atoms with Gasteiger partial charge in [0.1, 0.15) is 5.82 Å². The summed E-state index contributed by atoms with van der Waals surface area (Å²) in [6.45, 7) is 6.18. The van der Waals surface area contributed by atoms with Crippen molar-refractivity contribution in [3.8, 4) is 0 Å². The molecular formula is C11H21N5O2S. The Labute approximate surface area is 113 Å². The molecule has 1 fully saturated rings. The molecule has 1 aliphatic rings. The highest BCUT2D eigenvalue weighted by Gasteiger charge is 2.27. The van der Waals surface area contributed by atoms with Gasteiger partial charge in [0.05, 0.1) is 18.1 Å². The highest BCUT2D eigenvalue weighted by Crippen LogP contribution is 2.13. The average molecular weight is 287 g/mol. The highest BCUT2D eigenvalue weighted by molar-refractivity contribution is 7.91. The van der Waals surface area contributed by atoms with Crippen molar-refractivity contribution in [2.24, 2.45) is 0 Å². The van der Waals surface area contributed by atoms with Crippen LogP contribution < -0.4 is 10.6 Å². The Balaban J connectivity index is 1.96. The van der Waals surface area contributed by atoms with Crippen molar-refractivity contribution < 1.29 is 8.42 Å². The van der Waals surface area contributed by atoms with Gasteiger partial charge in [-0.2, -0.15) is 0 Å². The van der Waals surface area contributed by atoms with Crippen LogP contribution in [0.2, 0.25) is 0 Å². The van der Waals surface area contributed by atoms with Gasteiger partial charge >= 0.3 is 0 Å². The molecular weight excluding hydrogens is 266 g/mol. The Morgan fingerprint density at radius 1 is 1.37 bits per heavy atom. The first-order chi connectivity index (χ1) is 9.05. The lowest BCUT2D eigenvalue weighted by molar-refractivity contribution is 0.527. The summed E-state index contributed by atoms with van der Waals surface area (Å²) in [6, 6.07) is 0.0367. The van der Waals surface area contributed by atoms with E-state index in [2.05, 4.69) is 20.8 Å². The summed E-state index contributed by atoms with van der Waals surface area (Å²) in [7, 11) is -2.84. The van der Waals surface area contributed by atoms with Crippen LogP contribution in [0.1, 0.15) is 26.1 Å². The molecule has 1 aromatic heterocycles. The molecule has 1 saturated heterocycles. The quantitative estimate of drug-likeness (QED) is 0.766. The monoisotopic (exact) mass is 287 g/mol. The number of nitrogens with one attached hydrogen (secondary N) is 2. The minimum absolute atomic E-state index is 0.0367. The predicted molar refractivity (Wildman–Crippen MR) is 73.8 cm³/mol. The lowest BCUT2D eigenvalue weighted by atomic mass is 10.2. The van der Waals surface area contributed by atoms with Crippen LogP contribution >= 0.6 is 0 Å². The van der Waals surface area contributed by atoms with Gasteiger partial charge in [-0.05, 0) is 20.3 Å². The number of aromatic nitrogens is 3. The zero-order chi connectivity index (χ0) is 13.9. The molecule has 7 nitrogen and oxygen atoms in total. The normalized spacial score (nSPS) is 21.7. The van der Waals surface area contributed by atoms with Gasteiger partial charge in [-0.1, -0.05) is 0 Å². The second-order valence-corrected chi connectivity index (χ2v) is 6.92. The topological polar surface area (TPSA) is 88.9 Å². The van der Waals surface area contributed by atoms with Crippen LogP contribution in [0.4, 0.5) is 5.95 Å². The summed E-state index contributed by atoms with van der Waals surface area (Å²) in [4.78, 5) is 0. The lowest BCUT2D eigenvalue weighted by Gasteiger charge is -2.11. The second-order valence-electron chi connectivity index (χ2n) is 4.70. The molecule has 8 heteroatoms.